The molecule has 0 aromatic heterocycles. The summed E-state index contributed by atoms with van der Waals surface area (Å²) in [5, 5.41) is 3.52. The molecule has 2 unspecified atom stereocenters. The molecule has 0 aliphatic heterocycles. The molecular formula is C15H26N2O2S. The predicted molar refractivity (Wildman–Crippen MR) is 83.2 cm³/mol. The number of nitrogens with one attached hydrogen (secondary N) is 1. The van der Waals surface area contributed by atoms with Crippen molar-refractivity contribution in [1.82, 2.24) is 9.62 Å². The minimum absolute atomic E-state index is 0.215. The van der Waals surface area contributed by atoms with Gasteiger partial charge in [0, 0.05) is 26.2 Å². The van der Waals surface area contributed by atoms with Crippen molar-refractivity contribution < 1.29 is 8.42 Å². The lowest BCUT2D eigenvalue weighted by molar-refractivity contribution is 0.452. The van der Waals surface area contributed by atoms with Crippen molar-refractivity contribution in [1.29, 1.82) is 0 Å². The van der Waals surface area contributed by atoms with Crippen molar-refractivity contribution in [2.45, 2.75) is 50.6 Å². The summed E-state index contributed by atoms with van der Waals surface area (Å²) in [6, 6.07) is 7.79. The Morgan fingerprint density at radius 3 is 2.15 bits per heavy atom. The van der Waals surface area contributed by atoms with Crippen molar-refractivity contribution in [3.63, 3.8) is 0 Å². The van der Waals surface area contributed by atoms with E-state index < -0.39 is 10.0 Å². The number of sulfonamides is 1. The zero-order valence-electron chi connectivity index (χ0n) is 13.1. The molecule has 0 spiro atoms. The van der Waals surface area contributed by atoms with Gasteiger partial charge in [0.2, 0.25) is 10.0 Å². The maximum absolute atomic E-state index is 12.0. The fraction of sp³-hybridized carbons (Fsp3) is 0.600. The summed E-state index contributed by atoms with van der Waals surface area (Å²) in [7, 11) is -0.255. The Kier molecular flexibility index (Phi) is 6.17. The number of rotatable bonds is 7. The molecule has 1 N–H and O–H groups in total. The third-order valence-corrected chi connectivity index (χ3v) is 5.24. The average molecular weight is 298 g/mol. The maximum Gasteiger partial charge on any atom is 0.242 e. The Hall–Kier alpha value is -0.910. The molecule has 1 aromatic rings. The summed E-state index contributed by atoms with van der Waals surface area (Å²) in [6.45, 7) is 6.44. The molecule has 20 heavy (non-hydrogen) atoms. The van der Waals surface area contributed by atoms with Gasteiger partial charge in [0.15, 0.2) is 0 Å². The molecule has 0 amide bonds. The van der Waals surface area contributed by atoms with Crippen LogP contribution in [-0.2, 0) is 10.0 Å². The minimum Gasteiger partial charge on any atom is -0.308 e. The molecule has 4 nitrogen and oxygen atoms in total. The van der Waals surface area contributed by atoms with E-state index in [0.717, 1.165) is 18.4 Å². The highest BCUT2D eigenvalue weighted by Gasteiger charge is 2.17. The van der Waals surface area contributed by atoms with E-state index >= 15 is 0 Å². The third-order valence-electron chi connectivity index (χ3n) is 3.41. The maximum atomic E-state index is 12.0. The van der Waals surface area contributed by atoms with Gasteiger partial charge in [0.1, 0.15) is 0 Å². The van der Waals surface area contributed by atoms with Crippen molar-refractivity contribution in [2.24, 2.45) is 0 Å². The molecule has 5 heteroatoms. The summed E-state index contributed by atoms with van der Waals surface area (Å²) < 4.78 is 25.2. The van der Waals surface area contributed by atoms with E-state index in [0.29, 0.717) is 10.9 Å². The highest BCUT2D eigenvalue weighted by molar-refractivity contribution is 7.89. The van der Waals surface area contributed by atoms with Crippen LogP contribution in [-0.4, -0.2) is 32.9 Å². The van der Waals surface area contributed by atoms with Crippen molar-refractivity contribution in [3.05, 3.63) is 29.8 Å². The summed E-state index contributed by atoms with van der Waals surface area (Å²) in [5.74, 6) is 0. The smallest absolute Gasteiger partial charge is 0.242 e. The monoisotopic (exact) mass is 298 g/mol. The highest BCUT2D eigenvalue weighted by atomic mass is 32.2. The lowest BCUT2D eigenvalue weighted by Crippen LogP contribution is -2.28. The first-order valence-corrected chi connectivity index (χ1v) is 8.51. The predicted octanol–water partition coefficient (Wildman–Crippen LogP) is 2.78. The van der Waals surface area contributed by atoms with Crippen LogP contribution in [0.4, 0.5) is 0 Å². The fourth-order valence-corrected chi connectivity index (χ4v) is 3.08. The number of nitrogens with zero attached hydrogens (tertiary/aromatic N) is 1. The summed E-state index contributed by atoms with van der Waals surface area (Å²) >= 11 is 0. The molecule has 1 rings (SSSR count). The molecule has 0 heterocycles. The SMILES string of the molecule is CCCC(C)NC(C)c1ccc(S(=O)(=O)N(C)C)cc1. The molecule has 0 aliphatic carbocycles. The summed E-state index contributed by atoms with van der Waals surface area (Å²) in [4.78, 5) is 0.333. The van der Waals surface area contributed by atoms with E-state index in [1.165, 1.54) is 4.31 Å². The van der Waals surface area contributed by atoms with Crippen LogP contribution >= 0.6 is 0 Å². The minimum atomic E-state index is -3.34. The van der Waals surface area contributed by atoms with E-state index in [2.05, 4.69) is 26.1 Å². The second kappa shape index (κ2) is 7.20. The molecule has 0 radical (unpaired) electrons. The van der Waals surface area contributed by atoms with E-state index in [1.807, 2.05) is 12.1 Å². The average Bonchev–Trinajstić information content (AvgIpc) is 2.38. The second-order valence-corrected chi connectivity index (χ2v) is 7.59. The topological polar surface area (TPSA) is 49.4 Å². The number of hydrogen-bond donors (Lipinski definition) is 1. The van der Waals surface area contributed by atoms with Gasteiger partial charge in [-0.15, -0.1) is 0 Å². The van der Waals surface area contributed by atoms with Gasteiger partial charge in [-0.2, -0.15) is 0 Å². The molecule has 0 aliphatic rings. The first-order chi connectivity index (χ1) is 9.28. The normalized spacial score (nSPS) is 15.3. The van der Waals surface area contributed by atoms with E-state index in [-0.39, 0.29) is 6.04 Å². The van der Waals surface area contributed by atoms with Crippen LogP contribution in [0.15, 0.2) is 29.2 Å². The molecule has 0 bridgehead atoms. The van der Waals surface area contributed by atoms with Gasteiger partial charge < -0.3 is 5.32 Å². The van der Waals surface area contributed by atoms with Crippen molar-refractivity contribution in [3.8, 4) is 0 Å². The molecule has 0 saturated heterocycles. The molecule has 2 atom stereocenters. The Balaban J connectivity index is 2.81. The zero-order valence-corrected chi connectivity index (χ0v) is 13.9. The van der Waals surface area contributed by atoms with Crippen molar-refractivity contribution >= 4 is 10.0 Å². The Morgan fingerprint density at radius 2 is 1.70 bits per heavy atom. The Bertz CT molecular complexity index is 509. The Labute approximate surface area is 123 Å². The molecule has 1 aromatic carbocycles. The first-order valence-electron chi connectivity index (χ1n) is 7.07. The standard InChI is InChI=1S/C15H26N2O2S/c1-6-7-12(2)16-13(3)14-8-10-15(11-9-14)20(18,19)17(4)5/h8-13,16H,6-7H2,1-5H3. The zero-order chi connectivity index (χ0) is 15.3. The third kappa shape index (κ3) is 4.30. The van der Waals surface area contributed by atoms with Crippen LogP contribution in [0.2, 0.25) is 0 Å². The van der Waals surface area contributed by atoms with Crippen LogP contribution in [0, 0.1) is 0 Å². The van der Waals surface area contributed by atoms with Gasteiger partial charge in [0.05, 0.1) is 4.90 Å². The number of hydrogen-bond acceptors (Lipinski definition) is 3. The molecule has 114 valence electrons. The van der Waals surface area contributed by atoms with Crippen LogP contribution in [0.3, 0.4) is 0 Å². The molecule has 0 fully saturated rings. The van der Waals surface area contributed by atoms with Gasteiger partial charge in [-0.3, -0.25) is 0 Å². The number of benzene rings is 1. The quantitative estimate of drug-likeness (QED) is 0.842. The van der Waals surface area contributed by atoms with Crippen LogP contribution < -0.4 is 5.32 Å². The van der Waals surface area contributed by atoms with Gasteiger partial charge in [0.25, 0.3) is 0 Å². The first kappa shape index (κ1) is 17.1. The highest BCUT2D eigenvalue weighted by Crippen LogP contribution is 2.18. The lowest BCUT2D eigenvalue weighted by atomic mass is 10.1. The van der Waals surface area contributed by atoms with Crippen LogP contribution in [0.1, 0.15) is 45.2 Å². The van der Waals surface area contributed by atoms with Gasteiger partial charge in [-0.05, 0) is 38.0 Å². The van der Waals surface area contributed by atoms with Crippen molar-refractivity contribution in [2.75, 3.05) is 14.1 Å². The summed E-state index contributed by atoms with van der Waals surface area (Å²) in [6.07, 6.45) is 2.29. The lowest BCUT2D eigenvalue weighted by Gasteiger charge is -2.20. The largest absolute Gasteiger partial charge is 0.308 e. The Morgan fingerprint density at radius 1 is 1.15 bits per heavy atom. The van der Waals surface area contributed by atoms with E-state index in [4.69, 9.17) is 0 Å². The van der Waals surface area contributed by atoms with Crippen LogP contribution in [0.5, 0.6) is 0 Å². The van der Waals surface area contributed by atoms with E-state index in [1.54, 1.807) is 26.2 Å². The van der Waals surface area contributed by atoms with Crippen LogP contribution in [0.25, 0.3) is 0 Å². The fourth-order valence-electron chi connectivity index (χ4n) is 2.18. The second-order valence-electron chi connectivity index (χ2n) is 5.43. The molecule has 0 saturated carbocycles. The van der Waals surface area contributed by atoms with Gasteiger partial charge in [-0.25, -0.2) is 12.7 Å². The summed E-state index contributed by atoms with van der Waals surface area (Å²) in [5.41, 5.74) is 1.10. The van der Waals surface area contributed by atoms with E-state index in [9.17, 15) is 8.42 Å². The van der Waals surface area contributed by atoms with Gasteiger partial charge in [-0.1, -0.05) is 25.5 Å². The molecular weight excluding hydrogens is 272 g/mol. The van der Waals surface area contributed by atoms with Gasteiger partial charge >= 0.3 is 0 Å².